The Bertz CT molecular complexity index is 1810. The molecule has 1 amide bonds. The maximum atomic E-state index is 13.9. The molecule has 1 fully saturated rings. The van der Waals surface area contributed by atoms with Gasteiger partial charge in [-0.3, -0.25) is 0 Å². The number of amides is 1. The van der Waals surface area contributed by atoms with E-state index in [2.05, 4.69) is 9.97 Å². The minimum Gasteiger partial charge on any atom is -0.441 e. The number of hydrogen-bond donors (Lipinski definition) is 0. The molecule has 0 bridgehead atoms. The van der Waals surface area contributed by atoms with Crippen molar-refractivity contribution in [3.8, 4) is 0 Å². The van der Waals surface area contributed by atoms with Gasteiger partial charge >= 0.3 is 12.1 Å². The van der Waals surface area contributed by atoms with Crippen LogP contribution in [0.4, 0.5) is 10.6 Å². The highest BCUT2D eigenvalue weighted by atomic mass is 32.2. The molecule has 0 spiro atoms. The Hall–Kier alpha value is -4.65. The monoisotopic (exact) mass is 672 g/mol. The molecule has 48 heavy (non-hydrogen) atoms. The molecular formula is C36H40N4O7S. The number of ether oxygens (including phenoxy) is 2. The predicted octanol–water partition coefficient (Wildman–Crippen LogP) is 6.34. The second-order valence-corrected chi connectivity index (χ2v) is 14.6. The first kappa shape index (κ1) is 34.7. The number of rotatable bonds is 12. The summed E-state index contributed by atoms with van der Waals surface area (Å²) in [6.07, 6.45) is 2.53. The summed E-state index contributed by atoms with van der Waals surface area (Å²) in [5.41, 5.74) is 2.44. The highest BCUT2D eigenvalue weighted by molar-refractivity contribution is 7.89. The number of nitrogens with zero attached hydrogens (tertiary/aromatic N) is 4. The van der Waals surface area contributed by atoms with Crippen molar-refractivity contribution in [2.75, 3.05) is 11.7 Å². The summed E-state index contributed by atoms with van der Waals surface area (Å²) in [5, 5.41) is 0.547. The fourth-order valence-corrected chi connectivity index (χ4v) is 6.42. The Kier molecular flexibility index (Phi) is 10.6. The number of hydroxylamine groups is 1. The molecule has 0 atom stereocenters. The Morgan fingerprint density at radius 3 is 2.19 bits per heavy atom. The third-order valence-electron chi connectivity index (χ3n) is 7.63. The van der Waals surface area contributed by atoms with Crippen LogP contribution < -0.4 is 5.06 Å². The van der Waals surface area contributed by atoms with Gasteiger partial charge in [-0.1, -0.05) is 71.8 Å². The number of hydrogen-bond acceptors (Lipinski definition) is 9. The summed E-state index contributed by atoms with van der Waals surface area (Å²) in [6, 6.07) is 27.4. The van der Waals surface area contributed by atoms with Gasteiger partial charge in [0, 0.05) is 25.1 Å². The molecule has 0 N–H and O–H groups in total. The maximum Gasteiger partial charge on any atom is 0.450 e. The molecule has 2 heterocycles. The van der Waals surface area contributed by atoms with Crippen molar-refractivity contribution < 1.29 is 32.3 Å². The van der Waals surface area contributed by atoms with Crippen LogP contribution in [0, 0.1) is 0 Å². The number of benzene rings is 2. The number of aromatic nitrogens is 2. The topological polar surface area (TPSA) is 128 Å². The molecule has 11 nitrogen and oxygen atoms in total. The van der Waals surface area contributed by atoms with E-state index in [0.717, 1.165) is 36.5 Å². The summed E-state index contributed by atoms with van der Waals surface area (Å²) < 4.78 is 40.6. The average Bonchev–Trinajstić information content (AvgIpc) is 3.84. The zero-order valence-corrected chi connectivity index (χ0v) is 28.4. The lowest BCUT2D eigenvalue weighted by molar-refractivity contribution is -0.142. The Morgan fingerprint density at radius 2 is 1.56 bits per heavy atom. The van der Waals surface area contributed by atoms with Crippen molar-refractivity contribution in [2.24, 2.45) is 0 Å². The smallest absolute Gasteiger partial charge is 0.441 e. The molecule has 1 saturated carbocycles. The van der Waals surface area contributed by atoms with Crippen LogP contribution in [0.3, 0.4) is 0 Å². The summed E-state index contributed by atoms with van der Waals surface area (Å²) in [4.78, 5) is 38.5. The van der Waals surface area contributed by atoms with Gasteiger partial charge in [-0.05, 0) is 74.6 Å². The van der Waals surface area contributed by atoms with Crippen molar-refractivity contribution in [3.63, 3.8) is 0 Å². The third-order valence-corrected chi connectivity index (χ3v) is 9.34. The molecule has 0 saturated heterocycles. The number of sulfonamides is 1. The largest absolute Gasteiger partial charge is 0.450 e. The summed E-state index contributed by atoms with van der Waals surface area (Å²) >= 11 is 0. The minimum atomic E-state index is -4.08. The zero-order chi connectivity index (χ0) is 34.4. The zero-order valence-electron chi connectivity index (χ0n) is 27.5. The molecule has 1 aliphatic rings. The van der Waals surface area contributed by atoms with Gasteiger partial charge < -0.3 is 14.3 Å². The predicted molar refractivity (Wildman–Crippen MR) is 179 cm³/mol. The van der Waals surface area contributed by atoms with Gasteiger partial charge in [-0.25, -0.2) is 28.0 Å². The van der Waals surface area contributed by atoms with Crippen molar-refractivity contribution in [2.45, 2.75) is 76.3 Å². The first-order valence-corrected chi connectivity index (χ1v) is 17.1. The quantitative estimate of drug-likeness (QED) is 0.159. The standard InChI is InChI=1S/C36H40N4O7S/c1-27(41)47-40(34(42)46-35(2,3)4)32-14-10-13-31(38-32)24-39(48(43,44)33-15-8-9-22-37-33)23-28-16-18-30(19-17-28)36(20-21-36)26-45-25-29-11-6-5-7-12-29/h5-19,22H,20-21,23-26H2,1-4H3. The first-order valence-electron chi connectivity index (χ1n) is 15.6. The van der Waals surface area contributed by atoms with Gasteiger partial charge in [0.05, 0.1) is 25.5 Å². The van der Waals surface area contributed by atoms with E-state index < -0.39 is 27.7 Å². The molecular weight excluding hydrogens is 632 g/mol. The van der Waals surface area contributed by atoms with Gasteiger partial charge in [0.2, 0.25) is 0 Å². The van der Waals surface area contributed by atoms with Gasteiger partial charge in [0.15, 0.2) is 10.8 Å². The van der Waals surface area contributed by atoms with Gasteiger partial charge in [-0.15, -0.1) is 0 Å². The Labute approximate surface area is 281 Å². The van der Waals surface area contributed by atoms with Crippen molar-refractivity contribution >= 4 is 27.9 Å². The van der Waals surface area contributed by atoms with Crippen molar-refractivity contribution in [1.82, 2.24) is 14.3 Å². The lowest BCUT2D eigenvalue weighted by Crippen LogP contribution is -2.38. The van der Waals surface area contributed by atoms with E-state index in [1.165, 1.54) is 22.6 Å². The number of anilines is 1. The second kappa shape index (κ2) is 14.6. The van der Waals surface area contributed by atoms with E-state index in [4.69, 9.17) is 14.3 Å². The van der Waals surface area contributed by atoms with E-state index in [0.29, 0.717) is 24.0 Å². The first-order chi connectivity index (χ1) is 22.8. The van der Waals surface area contributed by atoms with Crippen LogP contribution in [0.5, 0.6) is 0 Å². The molecule has 0 unspecified atom stereocenters. The van der Waals surface area contributed by atoms with E-state index in [1.54, 1.807) is 45.0 Å². The highest BCUT2D eigenvalue weighted by Crippen LogP contribution is 2.48. The molecule has 0 radical (unpaired) electrons. The molecule has 0 aliphatic heterocycles. The van der Waals surface area contributed by atoms with Gasteiger partial charge in [0.25, 0.3) is 10.0 Å². The SMILES string of the molecule is CC(=O)ON(C(=O)OC(C)(C)C)c1cccc(CN(Cc2ccc(C3(COCc4ccccc4)CC3)cc2)S(=O)(=O)c2ccccn2)n1. The number of carbonyl (C=O) groups excluding carboxylic acids is 2. The summed E-state index contributed by atoms with van der Waals surface area (Å²) in [5.74, 6) is -0.799. The minimum absolute atomic E-state index is 0.0301. The summed E-state index contributed by atoms with van der Waals surface area (Å²) in [7, 11) is -4.08. The van der Waals surface area contributed by atoms with Crippen molar-refractivity contribution in [3.05, 3.63) is 120 Å². The molecule has 1 aliphatic carbocycles. The van der Waals surface area contributed by atoms with Crippen LogP contribution >= 0.6 is 0 Å². The van der Waals surface area contributed by atoms with Crippen LogP contribution in [0.25, 0.3) is 0 Å². The number of pyridine rings is 2. The van der Waals surface area contributed by atoms with Crippen LogP contribution in [0.1, 0.15) is 62.9 Å². The lowest BCUT2D eigenvalue weighted by Gasteiger charge is -2.26. The van der Waals surface area contributed by atoms with E-state index in [1.807, 2.05) is 54.6 Å². The van der Waals surface area contributed by atoms with E-state index in [-0.39, 0.29) is 29.3 Å². The van der Waals surface area contributed by atoms with Crippen LogP contribution in [0.15, 0.2) is 102 Å². The third kappa shape index (κ3) is 9.03. The van der Waals surface area contributed by atoms with E-state index >= 15 is 0 Å². The normalized spacial score (nSPS) is 13.9. The fourth-order valence-electron chi connectivity index (χ4n) is 5.09. The average molecular weight is 673 g/mol. The maximum absolute atomic E-state index is 13.9. The Morgan fingerprint density at radius 1 is 0.854 bits per heavy atom. The molecule has 4 aromatic rings. The fraction of sp³-hybridized carbons (Fsp3) is 0.333. The van der Waals surface area contributed by atoms with Crippen LogP contribution in [0.2, 0.25) is 0 Å². The molecule has 2 aromatic carbocycles. The molecule has 2 aromatic heterocycles. The number of carbonyl (C=O) groups is 2. The van der Waals surface area contributed by atoms with Crippen molar-refractivity contribution in [1.29, 1.82) is 0 Å². The molecule has 252 valence electrons. The Balaban J connectivity index is 1.36. The van der Waals surface area contributed by atoms with Gasteiger partial charge in [-0.2, -0.15) is 4.31 Å². The van der Waals surface area contributed by atoms with Gasteiger partial charge in [0.1, 0.15) is 5.60 Å². The second-order valence-electron chi connectivity index (χ2n) is 12.7. The molecule has 5 rings (SSSR count). The van der Waals surface area contributed by atoms with E-state index in [9.17, 15) is 18.0 Å². The molecule has 12 heteroatoms. The summed E-state index contributed by atoms with van der Waals surface area (Å²) in [6.45, 7) is 7.21. The van der Waals surface area contributed by atoms with Crippen LogP contribution in [-0.2, 0) is 54.2 Å². The highest BCUT2D eigenvalue weighted by Gasteiger charge is 2.44. The van der Waals surface area contributed by atoms with Crippen LogP contribution in [-0.4, -0.2) is 47.0 Å². The lowest BCUT2D eigenvalue weighted by atomic mass is 9.96.